The van der Waals surface area contributed by atoms with Crippen LogP contribution < -0.4 is 9.64 Å². The van der Waals surface area contributed by atoms with E-state index in [1.165, 1.54) is 26.4 Å². The summed E-state index contributed by atoms with van der Waals surface area (Å²) in [5.41, 5.74) is 0.965. The molecule has 1 aromatic carbocycles. The van der Waals surface area contributed by atoms with Crippen LogP contribution in [0.15, 0.2) is 41.6 Å². The zero-order chi connectivity index (χ0) is 18.9. The summed E-state index contributed by atoms with van der Waals surface area (Å²) >= 11 is 5.80. The lowest BCUT2D eigenvalue weighted by Crippen LogP contribution is -2.34. The second kappa shape index (κ2) is 10.1. The van der Waals surface area contributed by atoms with Crippen LogP contribution >= 0.6 is 11.6 Å². The lowest BCUT2D eigenvalue weighted by atomic mass is 9.92. The third kappa shape index (κ3) is 6.10. The maximum absolute atomic E-state index is 5.88. The van der Waals surface area contributed by atoms with Crippen molar-refractivity contribution in [3.8, 4) is 5.75 Å². The molecule has 6 nitrogen and oxygen atoms in total. The highest BCUT2D eigenvalue weighted by Gasteiger charge is 2.20. The van der Waals surface area contributed by atoms with Gasteiger partial charge in [-0.3, -0.25) is 0 Å². The van der Waals surface area contributed by atoms with Crippen LogP contribution in [-0.4, -0.2) is 43.2 Å². The molecule has 2 heterocycles. The topological polar surface area (TPSA) is 59.8 Å². The number of hydrogen-bond donors (Lipinski definition) is 0. The third-order valence-corrected chi connectivity index (χ3v) is 4.95. The molecule has 0 aliphatic carbocycles. The van der Waals surface area contributed by atoms with Gasteiger partial charge in [0, 0.05) is 13.1 Å². The molecule has 0 N–H and O–H groups in total. The summed E-state index contributed by atoms with van der Waals surface area (Å²) in [7, 11) is 1.53. The molecule has 2 aromatic rings. The van der Waals surface area contributed by atoms with Crippen LogP contribution in [0.25, 0.3) is 0 Å². The van der Waals surface area contributed by atoms with Crippen molar-refractivity contribution in [2.24, 2.45) is 11.1 Å². The molecule has 1 aliphatic rings. The van der Waals surface area contributed by atoms with Gasteiger partial charge in [-0.1, -0.05) is 28.9 Å². The summed E-state index contributed by atoms with van der Waals surface area (Å²) in [6.07, 6.45) is 6.26. The molecule has 7 heteroatoms. The van der Waals surface area contributed by atoms with Crippen molar-refractivity contribution in [2.45, 2.75) is 25.7 Å². The molecule has 1 fully saturated rings. The van der Waals surface area contributed by atoms with Crippen LogP contribution in [0.4, 0.5) is 5.82 Å². The van der Waals surface area contributed by atoms with E-state index in [1.807, 2.05) is 30.3 Å². The molecule has 0 bridgehead atoms. The number of anilines is 1. The number of ether oxygens (including phenoxy) is 1. The van der Waals surface area contributed by atoms with Crippen molar-refractivity contribution < 1.29 is 9.57 Å². The Morgan fingerprint density at radius 2 is 2.07 bits per heavy atom. The van der Waals surface area contributed by atoms with Crippen molar-refractivity contribution in [2.75, 3.05) is 31.7 Å². The Hall–Kier alpha value is -2.34. The van der Waals surface area contributed by atoms with Crippen LogP contribution in [0, 0.1) is 5.92 Å². The highest BCUT2D eigenvalue weighted by Crippen LogP contribution is 2.25. The number of hydrogen-bond acceptors (Lipinski definition) is 6. The first-order valence-electron chi connectivity index (χ1n) is 9.28. The standard InChI is InChI=1S/C20H25ClN4O2/c1-26-22-15-17-4-2-6-18(14-17)27-13-3-5-16-9-11-25(12-10-16)20-8-7-19(21)23-24-20/h2,4,6-8,14-16H,3,5,9-13H2,1H3/b22-15+. The molecular formula is C20H25ClN4O2. The molecule has 0 atom stereocenters. The Morgan fingerprint density at radius 3 is 2.81 bits per heavy atom. The molecule has 0 amide bonds. The molecule has 1 aliphatic heterocycles. The summed E-state index contributed by atoms with van der Waals surface area (Å²) in [4.78, 5) is 6.99. The van der Waals surface area contributed by atoms with Gasteiger partial charge < -0.3 is 14.5 Å². The smallest absolute Gasteiger partial charge is 0.151 e. The summed E-state index contributed by atoms with van der Waals surface area (Å²) in [6, 6.07) is 11.6. The lowest BCUT2D eigenvalue weighted by Gasteiger charge is -2.32. The number of halogens is 1. The molecule has 144 valence electrons. The van der Waals surface area contributed by atoms with Gasteiger partial charge in [0.15, 0.2) is 11.0 Å². The zero-order valence-electron chi connectivity index (χ0n) is 15.6. The first kappa shape index (κ1) is 19.4. The van der Waals surface area contributed by atoms with Crippen LogP contribution in [0.1, 0.15) is 31.2 Å². The number of rotatable bonds is 8. The van der Waals surface area contributed by atoms with E-state index < -0.39 is 0 Å². The highest BCUT2D eigenvalue weighted by atomic mass is 35.5. The number of benzene rings is 1. The quantitative estimate of drug-likeness (QED) is 0.385. The predicted molar refractivity (Wildman–Crippen MR) is 108 cm³/mol. The Labute approximate surface area is 165 Å². The SMILES string of the molecule is CO/N=C/c1cccc(OCCCC2CCN(c3ccc(Cl)nn3)CC2)c1. The van der Waals surface area contributed by atoms with Crippen LogP contribution in [0.2, 0.25) is 5.15 Å². The van der Waals surface area contributed by atoms with E-state index in [0.29, 0.717) is 5.15 Å². The van der Waals surface area contributed by atoms with Gasteiger partial charge in [-0.05, 0) is 61.4 Å². The lowest BCUT2D eigenvalue weighted by molar-refractivity contribution is 0.215. The van der Waals surface area contributed by atoms with E-state index in [2.05, 4.69) is 20.3 Å². The summed E-state index contributed by atoms with van der Waals surface area (Å²) in [5, 5.41) is 12.3. The molecule has 0 spiro atoms. The Morgan fingerprint density at radius 1 is 1.22 bits per heavy atom. The number of aromatic nitrogens is 2. The van der Waals surface area contributed by atoms with Crippen LogP contribution in [-0.2, 0) is 4.84 Å². The van der Waals surface area contributed by atoms with E-state index in [-0.39, 0.29) is 0 Å². The van der Waals surface area contributed by atoms with Crippen LogP contribution in [0.3, 0.4) is 0 Å². The average Bonchev–Trinajstić information content (AvgIpc) is 2.71. The largest absolute Gasteiger partial charge is 0.494 e. The summed E-state index contributed by atoms with van der Waals surface area (Å²) in [5.74, 6) is 2.52. The van der Waals surface area contributed by atoms with Gasteiger partial charge in [0.1, 0.15) is 12.9 Å². The van der Waals surface area contributed by atoms with Crippen molar-refractivity contribution in [1.82, 2.24) is 10.2 Å². The maximum atomic E-state index is 5.88. The molecule has 3 rings (SSSR count). The fourth-order valence-electron chi connectivity index (χ4n) is 3.29. The van der Waals surface area contributed by atoms with Gasteiger partial charge in [-0.25, -0.2) is 0 Å². The van der Waals surface area contributed by atoms with Gasteiger partial charge in [0.2, 0.25) is 0 Å². The highest BCUT2D eigenvalue weighted by molar-refractivity contribution is 6.29. The first-order chi connectivity index (χ1) is 13.2. The average molecular weight is 389 g/mol. The minimum absolute atomic E-state index is 0.435. The van der Waals surface area contributed by atoms with Crippen molar-refractivity contribution >= 4 is 23.6 Å². The van der Waals surface area contributed by atoms with Gasteiger partial charge in [0.25, 0.3) is 0 Å². The molecule has 1 aromatic heterocycles. The normalized spacial score (nSPS) is 15.3. The van der Waals surface area contributed by atoms with Crippen LogP contribution in [0.5, 0.6) is 5.75 Å². The van der Waals surface area contributed by atoms with Gasteiger partial charge >= 0.3 is 0 Å². The number of piperidine rings is 1. The predicted octanol–water partition coefficient (Wildman–Crippen LogP) is 4.19. The maximum Gasteiger partial charge on any atom is 0.151 e. The van der Waals surface area contributed by atoms with E-state index >= 15 is 0 Å². The van der Waals surface area contributed by atoms with Crippen molar-refractivity contribution in [3.63, 3.8) is 0 Å². The number of oxime groups is 1. The van der Waals surface area contributed by atoms with Gasteiger partial charge in [0.05, 0.1) is 12.8 Å². The fraction of sp³-hybridized carbons (Fsp3) is 0.450. The third-order valence-electron chi connectivity index (χ3n) is 4.75. The first-order valence-corrected chi connectivity index (χ1v) is 9.66. The zero-order valence-corrected chi connectivity index (χ0v) is 16.3. The van der Waals surface area contributed by atoms with E-state index in [9.17, 15) is 0 Å². The molecule has 1 saturated heterocycles. The Kier molecular flexibility index (Phi) is 7.27. The van der Waals surface area contributed by atoms with E-state index in [1.54, 1.807) is 12.3 Å². The van der Waals surface area contributed by atoms with Crippen molar-refractivity contribution in [1.29, 1.82) is 0 Å². The summed E-state index contributed by atoms with van der Waals surface area (Å²) in [6.45, 7) is 2.76. The molecule has 0 radical (unpaired) electrons. The van der Waals surface area contributed by atoms with Gasteiger partial charge in [-0.2, -0.15) is 0 Å². The second-order valence-electron chi connectivity index (χ2n) is 6.62. The Balaban J connectivity index is 1.36. The molecular weight excluding hydrogens is 364 g/mol. The van der Waals surface area contributed by atoms with Gasteiger partial charge in [-0.15, -0.1) is 10.2 Å². The number of nitrogens with zero attached hydrogens (tertiary/aromatic N) is 4. The summed E-state index contributed by atoms with van der Waals surface area (Å²) < 4.78 is 5.88. The molecule has 27 heavy (non-hydrogen) atoms. The monoisotopic (exact) mass is 388 g/mol. The van der Waals surface area contributed by atoms with Crippen molar-refractivity contribution in [3.05, 3.63) is 47.1 Å². The fourth-order valence-corrected chi connectivity index (χ4v) is 3.39. The van der Waals surface area contributed by atoms with E-state index in [4.69, 9.17) is 21.2 Å². The van der Waals surface area contributed by atoms with E-state index in [0.717, 1.165) is 49.2 Å². The Bertz CT molecular complexity index is 731. The minimum atomic E-state index is 0.435. The minimum Gasteiger partial charge on any atom is -0.494 e. The molecule has 0 saturated carbocycles. The molecule has 0 unspecified atom stereocenters. The second-order valence-corrected chi connectivity index (χ2v) is 7.01.